The van der Waals surface area contributed by atoms with Gasteiger partial charge in [0.15, 0.2) is 0 Å². The van der Waals surface area contributed by atoms with E-state index in [0.29, 0.717) is 252 Å². The summed E-state index contributed by atoms with van der Waals surface area (Å²) in [6.45, 7) is 0. The van der Waals surface area contributed by atoms with E-state index in [1.54, 1.807) is 146 Å². The maximum Gasteiger partial charge on any atom is 2.00 e. The van der Waals surface area contributed by atoms with Crippen LogP contribution in [0.4, 0.5) is 0 Å². The predicted molar refractivity (Wildman–Crippen MR) is 582 cm³/mol. The molecule has 147 heavy (non-hydrogen) atoms. The van der Waals surface area contributed by atoms with E-state index in [0.717, 1.165) is 0 Å². The van der Waals surface area contributed by atoms with Crippen LogP contribution < -0.4 is 29.9 Å². The largest absolute Gasteiger partial charge is 2.00 e. The molecule has 6 aliphatic rings. The van der Waals surface area contributed by atoms with Crippen LogP contribution in [0.2, 0.25) is 121 Å². The van der Waals surface area contributed by atoms with Gasteiger partial charge in [-0.3, -0.25) is 0 Å². The molecule has 0 unspecified atom stereocenters. The topological polar surface area (TPSA) is 317 Å². The summed E-state index contributed by atoms with van der Waals surface area (Å²) in [5.74, 6) is 2.59. The zero-order chi connectivity index (χ0) is 99.5. The molecule has 9 aromatic heterocycles. The van der Waals surface area contributed by atoms with E-state index in [2.05, 4.69) is 0 Å². The van der Waals surface area contributed by atoms with Gasteiger partial charge >= 0.3 is 81.9 Å². The van der Waals surface area contributed by atoms with Gasteiger partial charge in [-0.2, -0.15) is 0 Å². The van der Waals surface area contributed by atoms with Crippen molar-refractivity contribution in [2.45, 2.75) is 0 Å². The molecule has 0 aliphatic carbocycles. The van der Waals surface area contributed by atoms with E-state index in [-0.39, 0.29) is 220 Å². The molecule has 0 saturated heterocycles. The molecular formula is C96H24Cd3Cl24N24. The Morgan fingerprint density at radius 1 is 0.122 bits per heavy atom. The number of hydrogen-bond acceptors (Lipinski definition) is 18. The molecule has 51 heteroatoms. The van der Waals surface area contributed by atoms with Gasteiger partial charge in [0.05, 0.1) is 170 Å². The molecule has 27 rings (SSSR count). The van der Waals surface area contributed by atoms with E-state index < -0.39 is 0 Å². The standard InChI is InChI=1S/3C32H8Cl8N8.3Cd/c33-17-1-9-10(2-18(17)34)26-41-25(9)45-27-11-3-19(35)20(36)4-12(11)29(42-27)47-31-15-7-23(39)24(40)8-16(15)32(44-31)48-30-14-6-22(38)21(37)5-13(14)28(43-30)46-26;33-13-1-2-14(34)22-21(13)29-43-25-9-5-17(37)18(38)6-10(9)27(41-25)45-31-23-15(35)3-4-16(36)24(23)32(48-31)46-28-12-8-20(40)19(39)7-11(12)26(42-28)44-30(22)47-29;33-9-1-2-10(34)18-17(9)25-41-26(18)46-28-21-13(37)5-6-14(38)22(21)30(43-28)48-32-24-16(40)8-7-15(39)23(24)31(44-32)47-29-20-12(36)4-3-11(35)19(20)27(42-29)45-25;;;/h3*1-8H;;;/q3*-2;3*+2. The SMILES string of the molecule is Clc1cc2c(cc1Cl)-c1nc-2nc2[n-]c(nc3nc(nc4[n-]c(n1)c1cc(Cl)c(Cl)cc41)-c1cc(Cl)c(Cl)cc1-3)c1cc(Cl)c(Cl)cc21.Clc1cc2c3nc4nc(nc5[n-]c(nc6nc(nc([n-]3)c2cc1Cl)-c1c(Cl)ccc(Cl)c1-6)c1cc(Cl)c(Cl)cc51)-c1c(Cl)ccc(Cl)c1-4.Clc1ccc(Cl)c2c1-c1nc-2nc2[n-]c(nc3nc(nc4[n-]c(n1)c1c(Cl)ccc(Cl)c41)-c1c(Cl)ccc(Cl)c1-3)c1c(Cl)ccc(Cl)c21.[Cd+2].[Cd+2].[Cd+2]. The van der Waals surface area contributed by atoms with Gasteiger partial charge in [-0.15, -0.1) is 0 Å². The fraction of sp³-hybridized carbons (Fsp3) is 0. The summed E-state index contributed by atoms with van der Waals surface area (Å²) in [6, 6.07) is 39.7. The molecule has 0 N–H and O–H groups in total. The monoisotopic (exact) mass is 2690 g/mol. The van der Waals surface area contributed by atoms with Crippen LogP contribution in [0.1, 0.15) is 0 Å². The first-order valence-electron chi connectivity index (χ1n) is 41.2. The Labute approximate surface area is 1000 Å². The van der Waals surface area contributed by atoms with Crippen molar-refractivity contribution in [3.8, 4) is 137 Å². The number of rotatable bonds is 0. The third-order valence-electron chi connectivity index (χ3n) is 23.6. The van der Waals surface area contributed by atoms with Crippen LogP contribution in [-0.4, -0.2) is 89.7 Å². The second kappa shape index (κ2) is 39.8. The molecule has 15 heterocycles. The Balaban J connectivity index is 0.000000124. The van der Waals surface area contributed by atoms with Gasteiger partial charge in [0.2, 0.25) is 0 Å². The molecule has 12 aromatic carbocycles. The van der Waals surface area contributed by atoms with Crippen molar-refractivity contribution in [3.05, 3.63) is 266 Å². The Morgan fingerprint density at radius 3 is 0.395 bits per heavy atom. The predicted octanol–water partition coefficient (Wildman–Crippen LogP) is 34.1. The average molecular weight is 2700 g/mol. The van der Waals surface area contributed by atoms with Crippen LogP contribution in [0.15, 0.2) is 146 Å². The van der Waals surface area contributed by atoms with Crippen molar-refractivity contribution in [1.82, 2.24) is 120 Å². The first kappa shape index (κ1) is 104. The van der Waals surface area contributed by atoms with E-state index in [4.69, 9.17) is 398 Å². The first-order valence-corrected chi connectivity index (χ1v) is 50.2. The Hall–Kier alpha value is -7.55. The molecule has 0 saturated carbocycles. The third-order valence-corrected chi connectivity index (χ3v) is 31.8. The quantitative estimate of drug-likeness (QED) is 0.127. The van der Waals surface area contributed by atoms with Gasteiger partial charge in [-0.25, -0.2) is 29.9 Å². The Bertz CT molecular complexity index is 9110. The number of hydrogen-bond donors (Lipinski definition) is 0. The number of nitrogens with zero attached hydrogens (tertiary/aromatic N) is 24. The summed E-state index contributed by atoms with van der Waals surface area (Å²) in [5.41, 5.74) is 8.56. The fourth-order valence-electron chi connectivity index (χ4n) is 17.2. The van der Waals surface area contributed by atoms with Crippen molar-refractivity contribution in [2.24, 2.45) is 0 Å². The maximum atomic E-state index is 6.74. The summed E-state index contributed by atoms with van der Waals surface area (Å²) in [6.07, 6.45) is 0. The smallest absolute Gasteiger partial charge is 0.357 e. The zero-order valence-electron chi connectivity index (χ0n) is 71.8. The number of fused-ring (bicyclic) bond motifs is 60. The Kier molecular flexibility index (Phi) is 28.1. The molecular weight excluding hydrogens is 2680 g/mol. The van der Waals surface area contributed by atoms with Gasteiger partial charge in [0, 0.05) is 176 Å². The van der Waals surface area contributed by atoms with Crippen molar-refractivity contribution in [1.29, 1.82) is 0 Å². The molecule has 24 bridgehead atoms. The Morgan fingerprint density at radius 2 is 0.238 bits per heavy atom. The zero-order valence-corrected chi connectivity index (χ0v) is 102. The number of halogens is 24. The summed E-state index contributed by atoms with van der Waals surface area (Å²) in [7, 11) is 0. The van der Waals surface area contributed by atoms with Crippen LogP contribution in [0.3, 0.4) is 0 Å². The van der Waals surface area contributed by atoms with Gasteiger partial charge in [0.25, 0.3) is 0 Å². The summed E-state index contributed by atoms with van der Waals surface area (Å²) in [4.78, 5) is 115. The molecule has 0 radical (unpaired) electrons. The van der Waals surface area contributed by atoms with Gasteiger partial charge in [0.1, 0.15) is 0 Å². The van der Waals surface area contributed by atoms with E-state index in [1.165, 1.54) is 0 Å². The minimum absolute atomic E-state index is 0. The van der Waals surface area contributed by atoms with Crippen molar-refractivity contribution in [2.75, 3.05) is 0 Å². The van der Waals surface area contributed by atoms with Gasteiger partial charge in [-0.05, 0) is 189 Å². The van der Waals surface area contributed by atoms with Gasteiger partial charge in [-0.1, -0.05) is 278 Å². The minimum atomic E-state index is 0. The molecule has 24 nitrogen and oxygen atoms in total. The molecule has 0 spiro atoms. The van der Waals surface area contributed by atoms with Crippen LogP contribution >= 0.6 is 278 Å². The molecule has 0 amide bonds. The summed E-state index contributed by atoms with van der Waals surface area (Å²) in [5, 5.41) is 13.8. The van der Waals surface area contributed by atoms with E-state index >= 15 is 0 Å². The summed E-state index contributed by atoms with van der Waals surface area (Å²) < 4.78 is 0. The van der Waals surface area contributed by atoms with Crippen molar-refractivity contribution in [3.63, 3.8) is 0 Å². The van der Waals surface area contributed by atoms with Crippen molar-refractivity contribution >= 4 is 411 Å². The van der Waals surface area contributed by atoms with Crippen LogP contribution in [0.5, 0.6) is 0 Å². The minimum Gasteiger partial charge on any atom is -0.357 e. The normalized spacial score (nSPS) is 11.9. The second-order valence-electron chi connectivity index (χ2n) is 32.0. The molecule has 0 fully saturated rings. The molecule has 702 valence electrons. The average Bonchev–Trinajstić information content (AvgIpc) is 1.64. The van der Waals surface area contributed by atoms with Crippen LogP contribution in [0.25, 0.3) is 269 Å². The third kappa shape index (κ3) is 17.6. The number of aromatic nitrogens is 24. The molecule has 0 atom stereocenters. The maximum absolute atomic E-state index is 6.74. The first-order chi connectivity index (χ1) is 69.1. The van der Waals surface area contributed by atoms with Gasteiger partial charge < -0.3 is 89.7 Å². The second-order valence-corrected chi connectivity index (χ2v) is 41.8. The fourth-order valence-corrected chi connectivity index (χ4v) is 22.1. The van der Waals surface area contributed by atoms with Crippen LogP contribution in [-0.2, 0) is 81.9 Å². The van der Waals surface area contributed by atoms with Crippen LogP contribution in [0, 0.1) is 0 Å². The van der Waals surface area contributed by atoms with Crippen molar-refractivity contribution < 1.29 is 81.9 Å². The number of benzene rings is 12. The molecule has 6 aliphatic heterocycles. The summed E-state index contributed by atoms with van der Waals surface area (Å²) >= 11 is 159. The van der Waals surface area contributed by atoms with E-state index in [9.17, 15) is 0 Å². The van der Waals surface area contributed by atoms with E-state index in [1.807, 2.05) is 0 Å². The molecule has 21 aromatic rings.